The molecule has 2 aromatic rings. The molecule has 0 fully saturated rings. The van der Waals surface area contributed by atoms with E-state index in [1.165, 1.54) is 10.4 Å². The molecule has 0 aromatic carbocycles. The van der Waals surface area contributed by atoms with Gasteiger partial charge in [-0.3, -0.25) is 4.98 Å². The summed E-state index contributed by atoms with van der Waals surface area (Å²) < 4.78 is 0. The molecule has 1 atom stereocenters. The van der Waals surface area contributed by atoms with Crippen LogP contribution in [0.15, 0.2) is 30.7 Å². The first kappa shape index (κ1) is 12.2. The number of thiazole rings is 1. The van der Waals surface area contributed by atoms with Crippen molar-refractivity contribution in [2.45, 2.75) is 32.9 Å². The fraction of sp³-hybridized carbons (Fsp3) is 0.385. The zero-order chi connectivity index (χ0) is 12.1. The van der Waals surface area contributed by atoms with Crippen LogP contribution in [0.3, 0.4) is 0 Å². The molecule has 0 amide bonds. The molecule has 0 saturated carbocycles. The van der Waals surface area contributed by atoms with Crippen LogP contribution in [0.2, 0.25) is 0 Å². The number of nitrogens with one attached hydrogen (secondary N) is 1. The second-order valence-corrected chi connectivity index (χ2v) is 5.13. The molecule has 0 bridgehead atoms. The largest absolute Gasteiger partial charge is 0.304 e. The summed E-state index contributed by atoms with van der Waals surface area (Å²) in [6.45, 7) is 5.13. The van der Waals surface area contributed by atoms with Crippen molar-refractivity contribution in [3.63, 3.8) is 0 Å². The van der Waals surface area contributed by atoms with Gasteiger partial charge >= 0.3 is 0 Å². The lowest BCUT2D eigenvalue weighted by Crippen LogP contribution is -2.17. The van der Waals surface area contributed by atoms with Gasteiger partial charge in [0.05, 0.1) is 6.04 Å². The molecular weight excluding hydrogens is 230 g/mol. The van der Waals surface area contributed by atoms with Crippen LogP contribution in [-0.4, -0.2) is 9.97 Å². The number of pyridine rings is 1. The summed E-state index contributed by atoms with van der Waals surface area (Å²) >= 11 is 1.79. The highest BCUT2D eigenvalue weighted by Crippen LogP contribution is 2.20. The molecule has 1 unspecified atom stereocenters. The van der Waals surface area contributed by atoms with Crippen molar-refractivity contribution < 1.29 is 0 Å². The lowest BCUT2D eigenvalue weighted by Gasteiger charge is -2.10. The van der Waals surface area contributed by atoms with Crippen LogP contribution in [-0.2, 0) is 13.0 Å². The van der Waals surface area contributed by atoms with Crippen molar-refractivity contribution in [1.82, 2.24) is 15.3 Å². The van der Waals surface area contributed by atoms with Crippen molar-refractivity contribution in [2.24, 2.45) is 0 Å². The number of aryl methyl sites for hydroxylation is 1. The Kier molecular flexibility index (Phi) is 4.23. The van der Waals surface area contributed by atoms with E-state index in [1.807, 2.05) is 18.5 Å². The number of hydrogen-bond donors (Lipinski definition) is 1. The summed E-state index contributed by atoms with van der Waals surface area (Å²) in [5.41, 5.74) is 1.20. The number of nitrogens with zero attached hydrogens (tertiary/aromatic N) is 2. The van der Waals surface area contributed by atoms with Crippen molar-refractivity contribution >= 4 is 11.3 Å². The average Bonchev–Trinajstić information content (AvgIpc) is 2.86. The van der Waals surface area contributed by atoms with Crippen molar-refractivity contribution in [1.29, 1.82) is 0 Å². The number of hydrogen-bond acceptors (Lipinski definition) is 4. The van der Waals surface area contributed by atoms with Gasteiger partial charge in [0, 0.05) is 30.0 Å². The predicted octanol–water partition coefficient (Wildman–Crippen LogP) is 2.95. The fourth-order valence-corrected chi connectivity index (χ4v) is 2.43. The number of rotatable bonds is 5. The Balaban J connectivity index is 1.91. The van der Waals surface area contributed by atoms with E-state index in [-0.39, 0.29) is 0 Å². The van der Waals surface area contributed by atoms with E-state index in [0.29, 0.717) is 6.04 Å². The van der Waals surface area contributed by atoms with Crippen LogP contribution in [0.5, 0.6) is 0 Å². The minimum absolute atomic E-state index is 0.292. The summed E-state index contributed by atoms with van der Waals surface area (Å²) in [6.07, 6.45) is 6.72. The van der Waals surface area contributed by atoms with E-state index in [0.717, 1.165) is 18.0 Å². The summed E-state index contributed by atoms with van der Waals surface area (Å²) in [5.74, 6) is 0. The van der Waals surface area contributed by atoms with Gasteiger partial charge in [-0.05, 0) is 25.0 Å². The standard InChI is InChI=1S/C13H17N3S/c1-3-12-9-16-13(17-12)10(2)15-8-11-5-4-6-14-7-11/h4-7,9-10,15H,3,8H2,1-2H3. The smallest absolute Gasteiger partial charge is 0.109 e. The molecule has 1 N–H and O–H groups in total. The first-order valence-electron chi connectivity index (χ1n) is 5.86. The zero-order valence-electron chi connectivity index (χ0n) is 10.2. The molecule has 0 aliphatic heterocycles. The molecule has 0 aliphatic carbocycles. The molecule has 2 aromatic heterocycles. The average molecular weight is 247 g/mol. The molecule has 0 saturated heterocycles. The van der Waals surface area contributed by atoms with Crippen molar-refractivity contribution in [2.75, 3.05) is 0 Å². The Morgan fingerprint density at radius 2 is 2.29 bits per heavy atom. The van der Waals surface area contributed by atoms with Crippen molar-refractivity contribution in [3.8, 4) is 0 Å². The lowest BCUT2D eigenvalue weighted by atomic mass is 10.2. The van der Waals surface area contributed by atoms with E-state index in [2.05, 4.69) is 35.2 Å². The molecule has 0 aliphatic rings. The van der Waals surface area contributed by atoms with Crippen LogP contribution in [0.4, 0.5) is 0 Å². The SMILES string of the molecule is CCc1cnc(C(C)NCc2cccnc2)s1. The summed E-state index contributed by atoms with van der Waals surface area (Å²) in [7, 11) is 0. The third kappa shape index (κ3) is 3.35. The zero-order valence-corrected chi connectivity index (χ0v) is 11.0. The summed E-state index contributed by atoms with van der Waals surface area (Å²) in [5, 5.41) is 4.62. The van der Waals surface area contributed by atoms with Gasteiger partial charge in [-0.15, -0.1) is 11.3 Å². The Morgan fingerprint density at radius 3 is 2.94 bits per heavy atom. The van der Waals surface area contributed by atoms with Crippen LogP contribution < -0.4 is 5.32 Å². The van der Waals surface area contributed by atoms with Gasteiger partial charge in [-0.2, -0.15) is 0 Å². The normalized spacial score (nSPS) is 12.6. The van der Waals surface area contributed by atoms with E-state index in [9.17, 15) is 0 Å². The third-order valence-corrected chi connectivity index (χ3v) is 3.95. The maximum Gasteiger partial charge on any atom is 0.109 e. The Bertz CT molecular complexity index is 453. The van der Waals surface area contributed by atoms with E-state index < -0.39 is 0 Å². The van der Waals surface area contributed by atoms with Crippen molar-refractivity contribution in [3.05, 3.63) is 46.2 Å². The van der Waals surface area contributed by atoms with E-state index in [1.54, 1.807) is 17.5 Å². The Morgan fingerprint density at radius 1 is 1.41 bits per heavy atom. The van der Waals surface area contributed by atoms with Gasteiger partial charge < -0.3 is 5.32 Å². The monoisotopic (exact) mass is 247 g/mol. The van der Waals surface area contributed by atoms with Crippen LogP contribution in [0, 0.1) is 0 Å². The maximum absolute atomic E-state index is 4.44. The summed E-state index contributed by atoms with van der Waals surface area (Å²) in [6, 6.07) is 4.33. The second kappa shape index (κ2) is 5.89. The van der Waals surface area contributed by atoms with Gasteiger partial charge in [-0.25, -0.2) is 4.98 Å². The van der Waals surface area contributed by atoms with E-state index in [4.69, 9.17) is 0 Å². The van der Waals surface area contributed by atoms with Gasteiger partial charge in [0.25, 0.3) is 0 Å². The highest BCUT2D eigenvalue weighted by Gasteiger charge is 2.09. The quantitative estimate of drug-likeness (QED) is 0.882. The lowest BCUT2D eigenvalue weighted by molar-refractivity contribution is 0.571. The molecule has 2 rings (SSSR count). The molecule has 4 heteroatoms. The third-order valence-electron chi connectivity index (χ3n) is 2.63. The fourth-order valence-electron chi connectivity index (χ4n) is 1.55. The minimum Gasteiger partial charge on any atom is -0.304 e. The van der Waals surface area contributed by atoms with Gasteiger partial charge in [0.1, 0.15) is 5.01 Å². The molecule has 90 valence electrons. The van der Waals surface area contributed by atoms with Crippen LogP contribution >= 0.6 is 11.3 Å². The summed E-state index contributed by atoms with van der Waals surface area (Å²) in [4.78, 5) is 9.88. The van der Waals surface area contributed by atoms with Gasteiger partial charge in [0.15, 0.2) is 0 Å². The molecule has 0 radical (unpaired) electrons. The maximum atomic E-state index is 4.44. The molecule has 2 heterocycles. The second-order valence-electron chi connectivity index (χ2n) is 3.98. The Hall–Kier alpha value is -1.26. The van der Waals surface area contributed by atoms with Gasteiger partial charge in [0.2, 0.25) is 0 Å². The molecular formula is C13H17N3S. The minimum atomic E-state index is 0.292. The molecule has 3 nitrogen and oxygen atoms in total. The predicted molar refractivity (Wildman–Crippen MR) is 71.0 cm³/mol. The molecule has 17 heavy (non-hydrogen) atoms. The molecule has 0 spiro atoms. The van der Waals surface area contributed by atoms with Crippen LogP contribution in [0.25, 0.3) is 0 Å². The first-order chi connectivity index (χ1) is 8.29. The highest BCUT2D eigenvalue weighted by molar-refractivity contribution is 7.11. The topological polar surface area (TPSA) is 37.8 Å². The Labute approximate surface area is 106 Å². The number of aromatic nitrogens is 2. The van der Waals surface area contributed by atoms with Gasteiger partial charge in [-0.1, -0.05) is 13.0 Å². The highest BCUT2D eigenvalue weighted by atomic mass is 32.1. The first-order valence-corrected chi connectivity index (χ1v) is 6.68. The van der Waals surface area contributed by atoms with Crippen LogP contribution in [0.1, 0.15) is 35.3 Å². The van der Waals surface area contributed by atoms with E-state index >= 15 is 0 Å².